The van der Waals surface area contributed by atoms with Crippen molar-refractivity contribution in [3.8, 4) is 0 Å². The highest BCUT2D eigenvalue weighted by atomic mass is 16.5. The first-order chi connectivity index (χ1) is 11.3. The van der Waals surface area contributed by atoms with Crippen LogP contribution in [0.5, 0.6) is 0 Å². The van der Waals surface area contributed by atoms with Crippen LogP contribution < -0.4 is 5.32 Å². The molecule has 2 saturated heterocycles. The van der Waals surface area contributed by atoms with Crippen LogP contribution >= 0.6 is 0 Å². The van der Waals surface area contributed by atoms with Gasteiger partial charge >= 0.3 is 0 Å². The third kappa shape index (κ3) is 4.12. The fourth-order valence-electron chi connectivity index (χ4n) is 3.68. The zero-order valence-corrected chi connectivity index (χ0v) is 14.1. The van der Waals surface area contributed by atoms with Gasteiger partial charge in [0.25, 0.3) is 5.91 Å². The van der Waals surface area contributed by atoms with Crippen molar-refractivity contribution in [3.05, 3.63) is 35.4 Å². The van der Waals surface area contributed by atoms with Crippen molar-refractivity contribution in [2.45, 2.75) is 44.6 Å². The number of nitrogens with zero attached hydrogens (tertiary/aromatic N) is 1. The predicted octanol–water partition coefficient (Wildman–Crippen LogP) is 2.79. The van der Waals surface area contributed by atoms with E-state index in [9.17, 15) is 4.79 Å². The van der Waals surface area contributed by atoms with E-state index in [-0.39, 0.29) is 5.91 Å². The van der Waals surface area contributed by atoms with Gasteiger partial charge in [0.1, 0.15) is 0 Å². The van der Waals surface area contributed by atoms with E-state index in [1.807, 2.05) is 24.0 Å². The highest BCUT2D eigenvalue weighted by molar-refractivity contribution is 5.94. The molecule has 3 rings (SSSR count). The van der Waals surface area contributed by atoms with Crippen LogP contribution in [-0.2, 0) is 4.74 Å². The summed E-state index contributed by atoms with van der Waals surface area (Å²) in [6.07, 6.45) is 4.70. The molecule has 126 valence electrons. The Hall–Kier alpha value is -1.39. The Labute approximate surface area is 139 Å². The number of rotatable bonds is 4. The maximum Gasteiger partial charge on any atom is 0.253 e. The fraction of sp³-hybridized carbons (Fsp3) is 0.632. The summed E-state index contributed by atoms with van der Waals surface area (Å²) in [6, 6.07) is 8.28. The number of carbonyl (C=O) groups excluding carboxylic acids is 1. The summed E-state index contributed by atoms with van der Waals surface area (Å²) in [5.41, 5.74) is 2.16. The van der Waals surface area contributed by atoms with Crippen LogP contribution in [0.1, 0.15) is 54.4 Å². The van der Waals surface area contributed by atoms with Gasteiger partial charge in [-0.25, -0.2) is 0 Å². The first-order valence-corrected chi connectivity index (χ1v) is 8.99. The number of benzene rings is 1. The molecule has 1 N–H and O–H groups in total. The molecule has 23 heavy (non-hydrogen) atoms. The number of amides is 1. The summed E-state index contributed by atoms with van der Waals surface area (Å²) in [7, 11) is 0. The maximum atomic E-state index is 12.6. The number of carbonyl (C=O) groups is 1. The van der Waals surface area contributed by atoms with Crippen molar-refractivity contribution in [2.75, 3.05) is 32.8 Å². The lowest BCUT2D eigenvalue weighted by Crippen LogP contribution is -2.40. The van der Waals surface area contributed by atoms with E-state index in [0.29, 0.717) is 12.0 Å². The molecule has 2 aliphatic heterocycles. The second kappa shape index (κ2) is 7.93. The molecule has 0 aromatic heterocycles. The predicted molar refractivity (Wildman–Crippen MR) is 91.8 cm³/mol. The van der Waals surface area contributed by atoms with E-state index in [0.717, 1.165) is 51.2 Å². The standard InChI is InChI=1S/C19H28N2O2/c1-2-23-18-9-12-21(13-10-18)19(22)16-7-5-15(6-8-16)17-4-3-11-20-14-17/h5-8,17-18,20H,2-4,9-14H2,1H3. The molecule has 1 amide bonds. The minimum absolute atomic E-state index is 0.160. The van der Waals surface area contributed by atoms with Gasteiger partial charge < -0.3 is 15.0 Å². The molecule has 0 radical (unpaired) electrons. The Balaban J connectivity index is 1.57. The molecule has 4 nitrogen and oxygen atoms in total. The second-order valence-corrected chi connectivity index (χ2v) is 6.61. The SMILES string of the molecule is CCOC1CCN(C(=O)c2ccc(C3CCCNC3)cc2)CC1. The first kappa shape index (κ1) is 16.5. The van der Waals surface area contributed by atoms with Crippen molar-refractivity contribution < 1.29 is 9.53 Å². The third-order valence-electron chi connectivity index (χ3n) is 5.06. The molecule has 1 aromatic rings. The Bertz CT molecular complexity index is 501. The van der Waals surface area contributed by atoms with Crippen LogP contribution in [0, 0.1) is 0 Å². The molecule has 0 bridgehead atoms. The minimum Gasteiger partial charge on any atom is -0.378 e. The second-order valence-electron chi connectivity index (χ2n) is 6.61. The zero-order chi connectivity index (χ0) is 16.1. The van der Waals surface area contributed by atoms with Crippen molar-refractivity contribution >= 4 is 5.91 Å². The number of piperidine rings is 2. The van der Waals surface area contributed by atoms with Crippen molar-refractivity contribution in [1.82, 2.24) is 10.2 Å². The van der Waals surface area contributed by atoms with Crippen molar-refractivity contribution in [2.24, 2.45) is 0 Å². The van der Waals surface area contributed by atoms with E-state index in [1.165, 1.54) is 18.4 Å². The van der Waals surface area contributed by atoms with E-state index in [4.69, 9.17) is 4.74 Å². The lowest BCUT2D eigenvalue weighted by molar-refractivity contribution is 0.0146. The lowest BCUT2D eigenvalue weighted by atomic mass is 9.91. The average molecular weight is 316 g/mol. The molecule has 2 aliphatic rings. The molecule has 1 aromatic carbocycles. The smallest absolute Gasteiger partial charge is 0.253 e. The molecular weight excluding hydrogens is 288 g/mol. The van der Waals surface area contributed by atoms with Crippen molar-refractivity contribution in [1.29, 1.82) is 0 Å². The lowest BCUT2D eigenvalue weighted by Gasteiger charge is -2.32. The number of nitrogens with one attached hydrogen (secondary N) is 1. The number of hydrogen-bond acceptors (Lipinski definition) is 3. The summed E-state index contributed by atoms with van der Waals surface area (Å²) in [6.45, 7) is 6.58. The van der Waals surface area contributed by atoms with Gasteiger partial charge in [-0.2, -0.15) is 0 Å². The largest absolute Gasteiger partial charge is 0.378 e. The molecule has 0 saturated carbocycles. The molecule has 2 fully saturated rings. The number of likely N-dealkylation sites (tertiary alicyclic amines) is 1. The van der Waals surface area contributed by atoms with Crippen LogP contribution in [0.2, 0.25) is 0 Å². The molecule has 0 aliphatic carbocycles. The summed E-state index contributed by atoms with van der Waals surface area (Å²) < 4.78 is 5.66. The Morgan fingerprint density at radius 3 is 2.57 bits per heavy atom. The normalized spacial score (nSPS) is 23.0. The zero-order valence-electron chi connectivity index (χ0n) is 14.1. The van der Waals surface area contributed by atoms with E-state index in [2.05, 4.69) is 17.4 Å². The number of ether oxygens (including phenoxy) is 1. The van der Waals surface area contributed by atoms with Gasteiger partial charge in [-0.05, 0) is 62.8 Å². The molecule has 1 unspecified atom stereocenters. The molecular formula is C19H28N2O2. The summed E-state index contributed by atoms with van der Waals surface area (Å²) in [4.78, 5) is 14.6. The highest BCUT2D eigenvalue weighted by Crippen LogP contribution is 2.24. The Morgan fingerprint density at radius 1 is 1.22 bits per heavy atom. The van der Waals surface area contributed by atoms with E-state index < -0.39 is 0 Å². The van der Waals surface area contributed by atoms with Crippen LogP contribution in [0.15, 0.2) is 24.3 Å². The molecule has 1 atom stereocenters. The average Bonchev–Trinajstić information content (AvgIpc) is 2.63. The van der Waals surface area contributed by atoms with Crippen LogP contribution in [0.4, 0.5) is 0 Å². The summed E-state index contributed by atoms with van der Waals surface area (Å²) >= 11 is 0. The quantitative estimate of drug-likeness (QED) is 0.929. The number of hydrogen-bond donors (Lipinski definition) is 1. The van der Waals surface area contributed by atoms with Gasteiger partial charge in [0.15, 0.2) is 0 Å². The van der Waals surface area contributed by atoms with Gasteiger partial charge in [0.05, 0.1) is 6.10 Å². The van der Waals surface area contributed by atoms with E-state index in [1.54, 1.807) is 0 Å². The van der Waals surface area contributed by atoms with Crippen molar-refractivity contribution in [3.63, 3.8) is 0 Å². The fourth-order valence-corrected chi connectivity index (χ4v) is 3.68. The summed E-state index contributed by atoms with van der Waals surface area (Å²) in [5, 5.41) is 3.45. The topological polar surface area (TPSA) is 41.6 Å². The molecule has 4 heteroatoms. The summed E-state index contributed by atoms with van der Waals surface area (Å²) in [5.74, 6) is 0.753. The van der Waals surface area contributed by atoms with Gasteiger partial charge in [-0.3, -0.25) is 4.79 Å². The first-order valence-electron chi connectivity index (χ1n) is 8.99. The van der Waals surface area contributed by atoms with E-state index >= 15 is 0 Å². The molecule has 2 heterocycles. The Kier molecular flexibility index (Phi) is 5.68. The van der Waals surface area contributed by atoms with Gasteiger partial charge in [-0.15, -0.1) is 0 Å². The molecule has 0 spiro atoms. The third-order valence-corrected chi connectivity index (χ3v) is 5.06. The highest BCUT2D eigenvalue weighted by Gasteiger charge is 2.24. The van der Waals surface area contributed by atoms with Gasteiger partial charge in [0, 0.05) is 31.8 Å². The van der Waals surface area contributed by atoms with Gasteiger partial charge in [0.2, 0.25) is 0 Å². The minimum atomic E-state index is 0.160. The Morgan fingerprint density at radius 2 is 1.96 bits per heavy atom. The van der Waals surface area contributed by atoms with Gasteiger partial charge in [-0.1, -0.05) is 12.1 Å². The van der Waals surface area contributed by atoms with Crippen LogP contribution in [0.3, 0.4) is 0 Å². The monoisotopic (exact) mass is 316 g/mol. The van der Waals surface area contributed by atoms with Crippen LogP contribution in [0.25, 0.3) is 0 Å². The maximum absolute atomic E-state index is 12.6. The van der Waals surface area contributed by atoms with Crippen LogP contribution in [-0.4, -0.2) is 49.7 Å².